The molecule has 0 aromatic carbocycles. The van der Waals surface area contributed by atoms with E-state index in [0.29, 0.717) is 57.5 Å². The van der Waals surface area contributed by atoms with Crippen molar-refractivity contribution < 1.29 is 19.0 Å². The van der Waals surface area contributed by atoms with Gasteiger partial charge in [0.15, 0.2) is 6.29 Å². The van der Waals surface area contributed by atoms with Gasteiger partial charge in [-0.25, -0.2) is 4.79 Å². The van der Waals surface area contributed by atoms with Crippen LogP contribution in [-0.4, -0.2) is 79.6 Å². The van der Waals surface area contributed by atoms with Gasteiger partial charge in [-0.1, -0.05) is 0 Å². The molecule has 1 aliphatic rings. The summed E-state index contributed by atoms with van der Waals surface area (Å²) in [5, 5.41) is 0. The first-order chi connectivity index (χ1) is 14.2. The molecule has 0 radical (unpaired) electrons. The summed E-state index contributed by atoms with van der Waals surface area (Å²) in [6.07, 6.45) is 1.11. The number of anilines is 1. The predicted octanol–water partition coefficient (Wildman–Crippen LogP) is 2.24. The molecule has 0 aliphatic carbocycles. The summed E-state index contributed by atoms with van der Waals surface area (Å²) >= 11 is 0. The lowest BCUT2D eigenvalue weighted by atomic mass is 10.2. The van der Waals surface area contributed by atoms with Crippen molar-refractivity contribution in [1.82, 2.24) is 9.88 Å². The smallest absolute Gasteiger partial charge is 0.410 e. The number of nitrogens with two attached hydrogens (primary N) is 1. The number of amidine groups is 1. The fourth-order valence-corrected chi connectivity index (χ4v) is 2.98. The maximum atomic E-state index is 12.2. The Kier molecular flexibility index (Phi) is 8.86. The zero-order valence-electron chi connectivity index (χ0n) is 18.8. The van der Waals surface area contributed by atoms with Gasteiger partial charge in [0.2, 0.25) is 0 Å². The fraction of sp³-hybridized carbons (Fsp3) is 0.667. The van der Waals surface area contributed by atoms with Gasteiger partial charge < -0.3 is 29.7 Å². The Morgan fingerprint density at radius 1 is 1.17 bits per heavy atom. The quantitative estimate of drug-likeness (QED) is 0.390. The van der Waals surface area contributed by atoms with Crippen molar-refractivity contribution in [3.63, 3.8) is 0 Å². The van der Waals surface area contributed by atoms with E-state index >= 15 is 0 Å². The van der Waals surface area contributed by atoms with Crippen molar-refractivity contribution in [2.24, 2.45) is 10.7 Å². The Bertz CT molecular complexity index is 688. The van der Waals surface area contributed by atoms with Crippen molar-refractivity contribution in [3.8, 4) is 0 Å². The molecule has 9 nitrogen and oxygen atoms in total. The van der Waals surface area contributed by atoms with E-state index in [1.807, 2.05) is 46.8 Å². The predicted molar refractivity (Wildman–Crippen MR) is 117 cm³/mol. The number of carbonyl (C=O) groups is 1. The van der Waals surface area contributed by atoms with Gasteiger partial charge in [-0.05, 0) is 46.8 Å². The van der Waals surface area contributed by atoms with E-state index in [1.165, 1.54) is 0 Å². The van der Waals surface area contributed by atoms with Crippen LogP contribution in [0.15, 0.2) is 23.3 Å². The van der Waals surface area contributed by atoms with Crippen LogP contribution >= 0.6 is 0 Å². The summed E-state index contributed by atoms with van der Waals surface area (Å²) in [4.78, 5) is 24.9. The number of aromatic nitrogens is 1. The molecule has 0 spiro atoms. The van der Waals surface area contributed by atoms with Gasteiger partial charge >= 0.3 is 6.09 Å². The molecule has 1 aromatic rings. The molecule has 9 heteroatoms. The van der Waals surface area contributed by atoms with Gasteiger partial charge in [-0.3, -0.25) is 9.98 Å². The summed E-state index contributed by atoms with van der Waals surface area (Å²) in [6, 6.07) is 3.82. The SMILES string of the molecule is CCOC(CN=C(N)c1ccc(N2CCN(C(=O)OC(C)(C)C)CC2)cn1)OCC. The maximum absolute atomic E-state index is 12.2. The second-order valence-corrected chi connectivity index (χ2v) is 7.92. The number of piperazine rings is 1. The number of hydrogen-bond acceptors (Lipinski definition) is 7. The minimum absolute atomic E-state index is 0.267. The van der Waals surface area contributed by atoms with Crippen molar-refractivity contribution in [1.29, 1.82) is 0 Å². The van der Waals surface area contributed by atoms with Crippen molar-refractivity contribution >= 4 is 17.6 Å². The van der Waals surface area contributed by atoms with Crippen LogP contribution in [0.25, 0.3) is 0 Å². The summed E-state index contributed by atoms with van der Waals surface area (Å²) in [5.74, 6) is 0.348. The number of ether oxygens (including phenoxy) is 3. The van der Waals surface area contributed by atoms with Crippen molar-refractivity contribution in [2.75, 3.05) is 50.8 Å². The number of hydrogen-bond donors (Lipinski definition) is 1. The first kappa shape index (κ1) is 23.9. The Labute approximate surface area is 179 Å². The lowest BCUT2D eigenvalue weighted by Crippen LogP contribution is -2.50. The number of nitrogens with zero attached hydrogens (tertiary/aromatic N) is 4. The zero-order valence-corrected chi connectivity index (χ0v) is 18.8. The number of aliphatic imine (C=N–C) groups is 1. The van der Waals surface area contributed by atoms with E-state index in [2.05, 4.69) is 14.9 Å². The Morgan fingerprint density at radius 2 is 1.80 bits per heavy atom. The van der Waals surface area contributed by atoms with Crippen LogP contribution in [0, 0.1) is 0 Å². The van der Waals surface area contributed by atoms with E-state index in [9.17, 15) is 4.79 Å². The highest BCUT2D eigenvalue weighted by Gasteiger charge is 2.26. The van der Waals surface area contributed by atoms with Crippen LogP contribution < -0.4 is 10.6 Å². The van der Waals surface area contributed by atoms with E-state index in [4.69, 9.17) is 19.9 Å². The molecule has 1 fully saturated rings. The molecule has 1 saturated heterocycles. The average molecular weight is 422 g/mol. The normalized spacial score (nSPS) is 15.6. The molecule has 1 aromatic heterocycles. The molecule has 0 saturated carbocycles. The molecule has 2 heterocycles. The molecule has 2 N–H and O–H groups in total. The number of amides is 1. The standard InChI is InChI=1S/C21H35N5O4/c1-6-28-18(29-7-2)15-24-19(22)17-9-8-16(14-23-17)25-10-12-26(13-11-25)20(27)30-21(3,4)5/h8-9,14,18H,6-7,10-13,15H2,1-5H3,(H2,22,24). The molecule has 1 aliphatic heterocycles. The number of pyridine rings is 1. The van der Waals surface area contributed by atoms with Crippen molar-refractivity contribution in [3.05, 3.63) is 24.0 Å². The van der Waals surface area contributed by atoms with Gasteiger partial charge in [0.05, 0.1) is 18.4 Å². The lowest BCUT2D eigenvalue weighted by molar-refractivity contribution is -0.128. The minimum Gasteiger partial charge on any atom is -0.444 e. The molecular weight excluding hydrogens is 386 g/mol. The third-order valence-electron chi connectivity index (χ3n) is 4.42. The summed E-state index contributed by atoms with van der Waals surface area (Å²) in [7, 11) is 0. The van der Waals surface area contributed by atoms with E-state index in [-0.39, 0.29) is 6.09 Å². The summed E-state index contributed by atoms with van der Waals surface area (Å²) in [6.45, 7) is 13.5. The second kappa shape index (κ2) is 11.1. The summed E-state index contributed by atoms with van der Waals surface area (Å²) in [5.41, 5.74) is 7.18. The molecule has 1 amide bonds. The van der Waals surface area contributed by atoms with Crippen molar-refractivity contribution in [2.45, 2.75) is 46.5 Å². The van der Waals surface area contributed by atoms with Crippen LogP contribution in [-0.2, 0) is 14.2 Å². The molecule has 0 unspecified atom stereocenters. The monoisotopic (exact) mass is 421 g/mol. The van der Waals surface area contributed by atoms with Crippen LogP contribution in [0.1, 0.15) is 40.3 Å². The van der Waals surface area contributed by atoms with Gasteiger partial charge in [-0.2, -0.15) is 0 Å². The molecule has 0 bridgehead atoms. The topological polar surface area (TPSA) is 103 Å². The van der Waals surface area contributed by atoms with Gasteiger partial charge in [0.25, 0.3) is 0 Å². The Balaban J connectivity index is 1.90. The number of carbonyl (C=O) groups excluding carboxylic acids is 1. The second-order valence-electron chi connectivity index (χ2n) is 7.92. The Hall–Kier alpha value is -2.39. The molecule has 2 rings (SSSR count). The highest BCUT2D eigenvalue weighted by molar-refractivity contribution is 5.95. The van der Waals surface area contributed by atoms with E-state index < -0.39 is 11.9 Å². The van der Waals surface area contributed by atoms with Crippen LogP contribution in [0.4, 0.5) is 10.5 Å². The third-order valence-corrected chi connectivity index (χ3v) is 4.42. The largest absolute Gasteiger partial charge is 0.444 e. The highest BCUT2D eigenvalue weighted by Crippen LogP contribution is 2.17. The van der Waals surface area contributed by atoms with Crippen LogP contribution in [0.2, 0.25) is 0 Å². The van der Waals surface area contributed by atoms with E-state index in [0.717, 1.165) is 5.69 Å². The lowest BCUT2D eigenvalue weighted by Gasteiger charge is -2.36. The number of rotatable bonds is 8. The first-order valence-electron chi connectivity index (χ1n) is 10.5. The summed E-state index contributed by atoms with van der Waals surface area (Å²) < 4.78 is 16.4. The first-order valence-corrected chi connectivity index (χ1v) is 10.5. The minimum atomic E-state index is -0.485. The molecule has 168 valence electrons. The maximum Gasteiger partial charge on any atom is 0.410 e. The zero-order chi connectivity index (χ0) is 22.1. The fourth-order valence-electron chi connectivity index (χ4n) is 2.98. The molecule has 0 atom stereocenters. The molecular formula is C21H35N5O4. The highest BCUT2D eigenvalue weighted by atomic mass is 16.7. The van der Waals surface area contributed by atoms with Crippen LogP contribution in [0.5, 0.6) is 0 Å². The average Bonchev–Trinajstić information content (AvgIpc) is 2.71. The molecule has 30 heavy (non-hydrogen) atoms. The van der Waals surface area contributed by atoms with Crippen LogP contribution in [0.3, 0.4) is 0 Å². The third kappa shape index (κ3) is 7.46. The van der Waals surface area contributed by atoms with Gasteiger partial charge in [0.1, 0.15) is 17.1 Å². The van der Waals surface area contributed by atoms with Gasteiger partial charge in [-0.15, -0.1) is 0 Å². The Morgan fingerprint density at radius 3 is 2.30 bits per heavy atom. The van der Waals surface area contributed by atoms with Gasteiger partial charge in [0, 0.05) is 39.4 Å². The van der Waals surface area contributed by atoms with E-state index in [1.54, 1.807) is 11.1 Å².